The van der Waals surface area contributed by atoms with Gasteiger partial charge in [-0.2, -0.15) is 0 Å². The van der Waals surface area contributed by atoms with Crippen LogP contribution in [0.25, 0.3) is 0 Å². The summed E-state index contributed by atoms with van der Waals surface area (Å²) in [6, 6.07) is 0. The molecule has 6 aliphatic carbocycles. The first-order chi connectivity index (χ1) is 12.0. The molecule has 0 aromatic heterocycles. The Hall–Kier alpha value is -0.330. The third-order valence-electron chi connectivity index (χ3n) is 10.8. The van der Waals surface area contributed by atoms with E-state index in [0.29, 0.717) is 39.3 Å². The molecule has 0 saturated heterocycles. The van der Waals surface area contributed by atoms with Crippen molar-refractivity contribution in [3.05, 3.63) is 0 Å². The number of ketones is 1. The standard InChI is InChI=1S/C25H42O/c1-22(2)15-17-7-9-24(22,5)19(11-17)13-21(26)14-20-12-18-8-10-25(20,6)23(3,4)16-18/h17-20H,7-16H2,1-6H3. The van der Waals surface area contributed by atoms with Crippen molar-refractivity contribution in [3.8, 4) is 0 Å². The van der Waals surface area contributed by atoms with E-state index in [1.54, 1.807) is 0 Å². The maximum Gasteiger partial charge on any atom is 0.133 e. The van der Waals surface area contributed by atoms with Crippen molar-refractivity contribution in [1.82, 2.24) is 0 Å². The first kappa shape index (κ1) is 19.0. The Morgan fingerprint density at radius 3 is 1.46 bits per heavy atom. The fourth-order valence-electron chi connectivity index (χ4n) is 8.29. The summed E-state index contributed by atoms with van der Waals surface area (Å²) >= 11 is 0. The summed E-state index contributed by atoms with van der Waals surface area (Å²) in [7, 11) is 0. The second-order valence-electron chi connectivity index (χ2n) is 12.6. The lowest BCUT2D eigenvalue weighted by Gasteiger charge is -2.61. The number of hydrogen-bond acceptors (Lipinski definition) is 1. The average molecular weight is 359 g/mol. The van der Waals surface area contributed by atoms with Gasteiger partial charge < -0.3 is 0 Å². The van der Waals surface area contributed by atoms with E-state index in [2.05, 4.69) is 41.5 Å². The van der Waals surface area contributed by atoms with Crippen molar-refractivity contribution in [3.63, 3.8) is 0 Å². The second kappa shape index (κ2) is 5.84. The van der Waals surface area contributed by atoms with Crippen molar-refractivity contribution >= 4 is 5.78 Å². The van der Waals surface area contributed by atoms with Gasteiger partial charge in [0.15, 0.2) is 0 Å². The molecule has 148 valence electrons. The van der Waals surface area contributed by atoms with Crippen LogP contribution in [0.5, 0.6) is 0 Å². The molecule has 6 aliphatic rings. The molecule has 6 fully saturated rings. The zero-order chi connectivity index (χ0) is 19.0. The Kier molecular flexibility index (Phi) is 4.27. The zero-order valence-corrected chi connectivity index (χ0v) is 18.3. The lowest BCUT2D eigenvalue weighted by atomic mass is 9.43. The van der Waals surface area contributed by atoms with Crippen LogP contribution in [0.2, 0.25) is 0 Å². The lowest BCUT2D eigenvalue weighted by molar-refractivity contribution is -0.141. The predicted molar refractivity (Wildman–Crippen MR) is 109 cm³/mol. The Morgan fingerprint density at radius 1 is 0.731 bits per heavy atom. The van der Waals surface area contributed by atoms with Crippen molar-refractivity contribution in [2.24, 2.45) is 45.3 Å². The van der Waals surface area contributed by atoms with Gasteiger partial charge >= 0.3 is 0 Å². The van der Waals surface area contributed by atoms with Crippen molar-refractivity contribution in [1.29, 1.82) is 0 Å². The van der Waals surface area contributed by atoms with Gasteiger partial charge in [-0.05, 0) is 96.7 Å². The van der Waals surface area contributed by atoms with Gasteiger partial charge in [0.25, 0.3) is 0 Å². The van der Waals surface area contributed by atoms with Crippen LogP contribution in [0.15, 0.2) is 0 Å². The number of fused-ring (bicyclic) bond motifs is 6. The van der Waals surface area contributed by atoms with Crippen LogP contribution in [0.4, 0.5) is 0 Å². The van der Waals surface area contributed by atoms with Crippen LogP contribution in [0, 0.1) is 45.3 Å². The molecule has 6 rings (SSSR count). The minimum atomic E-state index is 0.381. The average Bonchev–Trinajstić information content (AvgIpc) is 2.51. The minimum Gasteiger partial charge on any atom is -0.300 e. The maximum atomic E-state index is 13.2. The van der Waals surface area contributed by atoms with E-state index >= 15 is 0 Å². The van der Waals surface area contributed by atoms with E-state index in [1.165, 1.54) is 51.4 Å². The predicted octanol–water partition coefficient (Wildman–Crippen LogP) is 7.04. The quantitative estimate of drug-likeness (QED) is 0.526. The SMILES string of the molecule is CC1(C)CC2CCC1(C)C(CC(=O)CC1CC3CCC1(C)C(C)(C)C3)C2. The van der Waals surface area contributed by atoms with Crippen LogP contribution in [-0.4, -0.2) is 5.78 Å². The Bertz CT molecular complexity index is 537. The fraction of sp³-hybridized carbons (Fsp3) is 0.960. The summed E-state index contributed by atoms with van der Waals surface area (Å²) < 4.78 is 0. The minimum absolute atomic E-state index is 0.381. The molecule has 0 radical (unpaired) electrons. The van der Waals surface area contributed by atoms with Gasteiger partial charge in [0.05, 0.1) is 0 Å². The fourth-order valence-corrected chi connectivity index (χ4v) is 8.29. The largest absolute Gasteiger partial charge is 0.300 e. The molecule has 6 saturated carbocycles. The van der Waals surface area contributed by atoms with Crippen molar-refractivity contribution in [2.45, 2.75) is 106 Å². The highest BCUT2D eigenvalue weighted by atomic mass is 16.1. The number of Topliss-reactive ketones (excluding diaryl/α,β-unsaturated/α-hetero) is 1. The van der Waals surface area contributed by atoms with Crippen LogP contribution < -0.4 is 0 Å². The van der Waals surface area contributed by atoms with Gasteiger partial charge in [-0.25, -0.2) is 0 Å². The van der Waals surface area contributed by atoms with Crippen molar-refractivity contribution < 1.29 is 4.79 Å². The summed E-state index contributed by atoms with van der Waals surface area (Å²) in [4.78, 5) is 13.2. The first-order valence-corrected chi connectivity index (χ1v) is 11.5. The zero-order valence-electron chi connectivity index (χ0n) is 18.3. The van der Waals surface area contributed by atoms with E-state index in [-0.39, 0.29) is 0 Å². The normalized spacial score (nSPS) is 48.5. The molecule has 0 aliphatic heterocycles. The van der Waals surface area contributed by atoms with Gasteiger partial charge in [-0.3, -0.25) is 4.79 Å². The number of hydrogen-bond donors (Lipinski definition) is 0. The van der Waals surface area contributed by atoms with E-state index in [1.807, 2.05) is 0 Å². The summed E-state index contributed by atoms with van der Waals surface area (Å²) in [5.41, 5.74) is 1.59. The Morgan fingerprint density at radius 2 is 1.12 bits per heavy atom. The molecule has 1 heteroatoms. The van der Waals surface area contributed by atoms with E-state index in [4.69, 9.17) is 0 Å². The third-order valence-corrected chi connectivity index (χ3v) is 10.8. The highest BCUT2D eigenvalue weighted by Gasteiger charge is 2.57. The third kappa shape index (κ3) is 2.66. The van der Waals surface area contributed by atoms with Gasteiger partial charge in [0.2, 0.25) is 0 Å². The van der Waals surface area contributed by atoms with Gasteiger partial charge in [-0.1, -0.05) is 41.5 Å². The van der Waals surface area contributed by atoms with Crippen LogP contribution in [0.1, 0.15) is 106 Å². The highest BCUT2D eigenvalue weighted by Crippen LogP contribution is 2.65. The van der Waals surface area contributed by atoms with Gasteiger partial charge in [-0.15, -0.1) is 0 Å². The van der Waals surface area contributed by atoms with E-state index < -0.39 is 0 Å². The summed E-state index contributed by atoms with van der Waals surface area (Å²) in [5, 5.41) is 0. The second-order valence-corrected chi connectivity index (χ2v) is 12.6. The molecule has 0 heterocycles. The Labute approximate surface area is 162 Å². The molecule has 6 unspecified atom stereocenters. The molecule has 0 N–H and O–H groups in total. The maximum absolute atomic E-state index is 13.2. The molecular weight excluding hydrogens is 316 g/mol. The van der Waals surface area contributed by atoms with Gasteiger partial charge in [0.1, 0.15) is 5.78 Å². The van der Waals surface area contributed by atoms with Crippen molar-refractivity contribution in [2.75, 3.05) is 0 Å². The smallest absolute Gasteiger partial charge is 0.133 e. The molecule has 0 aromatic rings. The number of rotatable bonds is 4. The van der Waals surface area contributed by atoms with Gasteiger partial charge in [0, 0.05) is 12.8 Å². The molecule has 26 heavy (non-hydrogen) atoms. The highest BCUT2D eigenvalue weighted by molar-refractivity contribution is 5.79. The molecule has 0 aromatic carbocycles. The molecule has 0 spiro atoms. The summed E-state index contributed by atoms with van der Waals surface area (Å²) in [6.45, 7) is 14.9. The molecule has 0 amide bonds. The first-order valence-electron chi connectivity index (χ1n) is 11.5. The monoisotopic (exact) mass is 358 g/mol. The molecule has 6 atom stereocenters. The van der Waals surface area contributed by atoms with Crippen LogP contribution >= 0.6 is 0 Å². The molecule has 1 nitrogen and oxygen atoms in total. The topological polar surface area (TPSA) is 17.1 Å². The number of carbonyl (C=O) groups is 1. The van der Waals surface area contributed by atoms with E-state index in [0.717, 1.165) is 24.7 Å². The summed E-state index contributed by atoms with van der Waals surface area (Å²) in [6.07, 6.45) is 12.6. The molecule has 4 bridgehead atoms. The number of carbonyl (C=O) groups excluding carboxylic acids is 1. The molecular formula is C25H42O. The lowest BCUT2D eigenvalue weighted by Crippen LogP contribution is -2.53. The Balaban J connectivity index is 1.45. The van der Waals surface area contributed by atoms with Crippen LogP contribution in [0.3, 0.4) is 0 Å². The summed E-state index contributed by atoms with van der Waals surface area (Å²) in [5.74, 6) is 3.63. The van der Waals surface area contributed by atoms with Crippen LogP contribution in [-0.2, 0) is 4.79 Å². The van der Waals surface area contributed by atoms with E-state index in [9.17, 15) is 4.79 Å².